The van der Waals surface area contributed by atoms with Crippen LogP contribution in [-0.4, -0.2) is 15.1 Å². The second-order valence-corrected chi connectivity index (χ2v) is 3.31. The first-order valence-electron chi connectivity index (χ1n) is 3.82. The molecule has 0 saturated heterocycles. The monoisotopic (exact) mass is 216 g/mol. The number of carbonyl (C=O) groups is 1. The third-order valence-corrected chi connectivity index (χ3v) is 2.10. The first-order valence-corrected chi connectivity index (χ1v) is 4.65. The molecule has 70 valence electrons. The van der Waals surface area contributed by atoms with Crippen molar-refractivity contribution < 1.29 is 4.79 Å². The summed E-state index contributed by atoms with van der Waals surface area (Å²) in [6, 6.07) is 0. The summed E-state index contributed by atoms with van der Waals surface area (Å²) in [6.45, 7) is 3.64. The van der Waals surface area contributed by atoms with Crippen LogP contribution in [0.3, 0.4) is 0 Å². The fourth-order valence-electron chi connectivity index (χ4n) is 1.06. The normalized spacial score (nSPS) is 10.2. The minimum atomic E-state index is -0.387. The zero-order valence-corrected chi connectivity index (χ0v) is 8.99. The Bertz CT molecular complexity index is 354. The van der Waals surface area contributed by atoms with Gasteiger partial charge in [0.25, 0.3) is 0 Å². The van der Waals surface area contributed by atoms with E-state index in [0.717, 1.165) is 0 Å². The summed E-state index contributed by atoms with van der Waals surface area (Å²) < 4.78 is 0. The number of rotatable bonds is 2. The van der Waals surface area contributed by atoms with Gasteiger partial charge in [-0.3, -0.25) is 4.79 Å². The Balaban J connectivity index is 3.38. The largest absolute Gasteiger partial charge is 0.282 e. The average molecular weight is 217 g/mol. The highest BCUT2D eigenvalue weighted by Gasteiger charge is 2.14. The third kappa shape index (κ3) is 2.19. The number of carbonyl (C=O) groups excluding carboxylic acids is 1. The maximum Gasteiger partial charge on any atom is 0.221 e. The molecule has 0 atom stereocenters. The quantitative estimate of drug-likeness (QED) is 0.608. The van der Waals surface area contributed by atoms with Gasteiger partial charge in [-0.25, -0.2) is 9.97 Å². The first kappa shape index (κ1) is 10.5. The lowest BCUT2D eigenvalue weighted by Gasteiger charge is -2.05. The molecule has 0 unspecified atom stereocenters. The van der Waals surface area contributed by atoms with Crippen molar-refractivity contribution in [3.05, 3.63) is 22.2 Å². The fraction of sp³-hybridized carbons (Fsp3) is 0.375. The molecule has 0 fully saturated rings. The number of thiol groups is 1. The molecule has 1 aromatic heterocycles. The molecule has 3 nitrogen and oxygen atoms in total. The summed E-state index contributed by atoms with van der Waals surface area (Å²) >= 11 is 9.50. The van der Waals surface area contributed by atoms with Gasteiger partial charge in [0.2, 0.25) is 5.12 Å². The molecule has 0 aliphatic heterocycles. The molecular formula is C8H9ClN2OS. The van der Waals surface area contributed by atoms with Crippen molar-refractivity contribution in [1.29, 1.82) is 0 Å². The number of aryl methyl sites for hydroxylation is 2. The summed E-state index contributed by atoms with van der Waals surface area (Å²) in [5.74, 6) is 0.570. The van der Waals surface area contributed by atoms with Crippen LogP contribution < -0.4 is 0 Å². The van der Waals surface area contributed by atoms with Crippen molar-refractivity contribution in [2.24, 2.45) is 0 Å². The van der Waals surface area contributed by atoms with E-state index in [1.165, 1.54) is 0 Å². The Morgan fingerprint density at radius 1 is 1.54 bits per heavy atom. The molecule has 0 radical (unpaired) electrons. The van der Waals surface area contributed by atoms with Gasteiger partial charge in [-0.15, -0.1) is 12.6 Å². The minimum Gasteiger partial charge on any atom is -0.282 e. The smallest absolute Gasteiger partial charge is 0.221 e. The molecule has 1 aromatic rings. The Hall–Kier alpha value is -0.610. The van der Waals surface area contributed by atoms with Crippen LogP contribution in [0.1, 0.15) is 28.8 Å². The average Bonchev–Trinajstić information content (AvgIpc) is 2.01. The van der Waals surface area contributed by atoms with Crippen LogP contribution >= 0.6 is 24.2 Å². The maximum atomic E-state index is 11.1. The zero-order chi connectivity index (χ0) is 10.0. The lowest BCUT2D eigenvalue weighted by atomic mass is 10.2. The topological polar surface area (TPSA) is 42.9 Å². The van der Waals surface area contributed by atoms with Crippen molar-refractivity contribution in [2.45, 2.75) is 20.3 Å². The van der Waals surface area contributed by atoms with E-state index < -0.39 is 0 Å². The highest BCUT2D eigenvalue weighted by molar-refractivity contribution is 7.97. The lowest BCUT2D eigenvalue weighted by Crippen LogP contribution is -2.05. The third-order valence-electron chi connectivity index (χ3n) is 1.60. The molecule has 0 saturated carbocycles. The molecule has 0 bridgehead atoms. The van der Waals surface area contributed by atoms with Crippen LogP contribution in [0.15, 0.2) is 0 Å². The zero-order valence-electron chi connectivity index (χ0n) is 7.33. The highest BCUT2D eigenvalue weighted by atomic mass is 35.5. The van der Waals surface area contributed by atoms with Crippen molar-refractivity contribution in [3.63, 3.8) is 0 Å². The maximum absolute atomic E-state index is 11.1. The van der Waals surface area contributed by atoms with Gasteiger partial charge in [0.1, 0.15) is 11.0 Å². The molecule has 0 amide bonds. The van der Waals surface area contributed by atoms with E-state index in [-0.39, 0.29) is 10.3 Å². The van der Waals surface area contributed by atoms with Crippen LogP contribution in [-0.2, 0) is 6.42 Å². The van der Waals surface area contributed by atoms with Crippen LogP contribution in [0, 0.1) is 6.92 Å². The van der Waals surface area contributed by atoms with E-state index >= 15 is 0 Å². The molecule has 0 N–H and O–H groups in total. The number of halogens is 1. The molecule has 5 heteroatoms. The van der Waals surface area contributed by atoms with Crippen LogP contribution in [0.25, 0.3) is 0 Å². The molecule has 0 aliphatic rings. The first-order chi connectivity index (χ1) is 6.06. The predicted octanol–water partition coefficient (Wildman–Crippen LogP) is 2.07. The summed E-state index contributed by atoms with van der Waals surface area (Å²) in [6.07, 6.45) is 0.644. The summed E-state index contributed by atoms with van der Waals surface area (Å²) in [7, 11) is 0. The van der Waals surface area contributed by atoms with Gasteiger partial charge in [-0.1, -0.05) is 18.5 Å². The molecule has 1 rings (SSSR count). The van der Waals surface area contributed by atoms with Gasteiger partial charge in [0.05, 0.1) is 11.3 Å². The molecule has 13 heavy (non-hydrogen) atoms. The fourth-order valence-corrected chi connectivity index (χ4v) is 1.68. The standard InChI is InChI=1S/C8H9ClN2OS/c1-3-5-6(8(12)13)7(9)11-4(2)10-5/h3H2,1-2H3,(H,12,13). The Morgan fingerprint density at radius 3 is 2.62 bits per heavy atom. The summed E-state index contributed by atoms with van der Waals surface area (Å²) in [4.78, 5) is 19.1. The molecule has 1 heterocycles. The SMILES string of the molecule is CCc1nc(C)nc(Cl)c1C(=O)S. The van der Waals surface area contributed by atoms with Crippen LogP contribution in [0.5, 0.6) is 0 Å². The lowest BCUT2D eigenvalue weighted by molar-refractivity contribution is 0.109. The van der Waals surface area contributed by atoms with E-state index in [1.807, 2.05) is 6.92 Å². The van der Waals surface area contributed by atoms with Crippen LogP contribution in [0.2, 0.25) is 5.15 Å². The molecule has 0 aromatic carbocycles. The number of nitrogens with zero attached hydrogens (tertiary/aromatic N) is 2. The van der Waals surface area contributed by atoms with Gasteiger partial charge in [-0.05, 0) is 13.3 Å². The number of hydrogen-bond donors (Lipinski definition) is 1. The van der Waals surface area contributed by atoms with E-state index in [9.17, 15) is 4.79 Å². The van der Waals surface area contributed by atoms with E-state index in [4.69, 9.17) is 11.6 Å². The Morgan fingerprint density at radius 2 is 2.15 bits per heavy atom. The molecule has 0 aliphatic carbocycles. The second kappa shape index (κ2) is 4.07. The van der Waals surface area contributed by atoms with Crippen molar-refractivity contribution in [2.75, 3.05) is 0 Å². The van der Waals surface area contributed by atoms with Gasteiger partial charge in [0, 0.05) is 0 Å². The van der Waals surface area contributed by atoms with E-state index in [2.05, 4.69) is 22.6 Å². The summed E-state index contributed by atoms with van der Waals surface area (Å²) in [5.41, 5.74) is 0.968. The minimum absolute atomic E-state index is 0.185. The van der Waals surface area contributed by atoms with Crippen LogP contribution in [0.4, 0.5) is 0 Å². The van der Waals surface area contributed by atoms with Gasteiger partial charge in [0.15, 0.2) is 0 Å². The Labute approximate surface area is 87.0 Å². The highest BCUT2D eigenvalue weighted by Crippen LogP contribution is 2.19. The Kier molecular flexibility index (Phi) is 3.27. The van der Waals surface area contributed by atoms with Crippen molar-refractivity contribution in [1.82, 2.24) is 9.97 Å². The second-order valence-electron chi connectivity index (χ2n) is 2.54. The van der Waals surface area contributed by atoms with Gasteiger partial charge < -0.3 is 0 Å². The van der Waals surface area contributed by atoms with Crippen molar-refractivity contribution in [3.8, 4) is 0 Å². The number of aromatic nitrogens is 2. The number of hydrogen-bond acceptors (Lipinski definition) is 3. The van der Waals surface area contributed by atoms with E-state index in [0.29, 0.717) is 23.5 Å². The molecular weight excluding hydrogens is 208 g/mol. The van der Waals surface area contributed by atoms with Gasteiger partial charge in [-0.2, -0.15) is 0 Å². The predicted molar refractivity (Wildman–Crippen MR) is 54.5 cm³/mol. The summed E-state index contributed by atoms with van der Waals surface area (Å²) in [5, 5.41) is -0.203. The van der Waals surface area contributed by atoms with Crippen molar-refractivity contribution >= 4 is 29.3 Å². The van der Waals surface area contributed by atoms with Gasteiger partial charge >= 0.3 is 0 Å². The van der Waals surface area contributed by atoms with E-state index in [1.54, 1.807) is 6.92 Å². The molecule has 0 spiro atoms.